The molecule has 2 heteroatoms. The normalized spacial score (nSPS) is 31.6. The first-order valence-electron chi connectivity index (χ1n) is 5.37. The van der Waals surface area contributed by atoms with Gasteiger partial charge in [-0.1, -0.05) is 29.8 Å². The molecule has 1 aliphatic rings. The maximum Gasteiger partial charge on any atom is 0.0184 e. The minimum absolute atomic E-state index is 0.440. The number of hydrogen-bond donors (Lipinski definition) is 1. The van der Waals surface area contributed by atoms with Crippen LogP contribution in [-0.2, 0) is 0 Å². The van der Waals surface area contributed by atoms with Crippen molar-refractivity contribution in [2.45, 2.75) is 43.9 Å². The Balaban J connectivity index is 2.22. The number of halogens is 1. The van der Waals surface area contributed by atoms with Gasteiger partial charge in [0.05, 0.1) is 0 Å². The lowest BCUT2D eigenvalue weighted by molar-refractivity contribution is 0.202. The highest BCUT2D eigenvalue weighted by atomic mass is 79.9. The van der Waals surface area contributed by atoms with Gasteiger partial charge in [-0.15, -0.1) is 0 Å². The number of aromatic amines is 1. The molecule has 1 fully saturated rings. The van der Waals surface area contributed by atoms with Gasteiger partial charge in [0.2, 0.25) is 0 Å². The minimum Gasteiger partial charge on any atom is -0.365 e. The van der Waals surface area contributed by atoms with Crippen LogP contribution in [-0.4, -0.2) is 9.81 Å². The summed E-state index contributed by atoms with van der Waals surface area (Å²) in [6.07, 6.45) is 5.91. The average Bonchev–Trinajstić information content (AvgIpc) is 2.62. The van der Waals surface area contributed by atoms with E-state index >= 15 is 0 Å². The molecule has 2 atom stereocenters. The molecule has 0 aliphatic heterocycles. The zero-order valence-electron chi connectivity index (χ0n) is 8.89. The smallest absolute Gasteiger partial charge is 0.0184 e. The molecule has 0 amide bonds. The van der Waals surface area contributed by atoms with Gasteiger partial charge < -0.3 is 4.98 Å². The Labute approximate surface area is 94.4 Å². The molecule has 2 rings (SSSR count). The number of rotatable bonds is 1. The first-order chi connectivity index (χ1) is 6.59. The summed E-state index contributed by atoms with van der Waals surface area (Å²) in [5, 5.41) is 0. The van der Waals surface area contributed by atoms with Crippen LogP contribution < -0.4 is 0 Å². The maximum absolute atomic E-state index is 3.75. The van der Waals surface area contributed by atoms with Gasteiger partial charge in [-0.2, -0.15) is 0 Å². The second-order valence-electron chi connectivity index (χ2n) is 5.04. The van der Waals surface area contributed by atoms with Gasteiger partial charge >= 0.3 is 0 Å². The number of nitrogens with one attached hydrogen (secondary N) is 1. The molecule has 1 nitrogen and oxygen atoms in total. The van der Waals surface area contributed by atoms with E-state index < -0.39 is 0 Å². The summed E-state index contributed by atoms with van der Waals surface area (Å²) in [6.45, 7) is 4.77. The Kier molecular flexibility index (Phi) is 2.74. The van der Waals surface area contributed by atoms with Crippen molar-refractivity contribution in [1.82, 2.24) is 4.98 Å². The fourth-order valence-corrected chi connectivity index (χ4v) is 3.11. The van der Waals surface area contributed by atoms with Gasteiger partial charge in [0.25, 0.3) is 0 Å². The van der Waals surface area contributed by atoms with E-state index in [0.717, 1.165) is 0 Å². The van der Waals surface area contributed by atoms with E-state index in [4.69, 9.17) is 0 Å². The Morgan fingerprint density at radius 2 is 2.29 bits per heavy atom. The molecule has 0 saturated heterocycles. The lowest BCUT2D eigenvalue weighted by Gasteiger charge is -2.40. The van der Waals surface area contributed by atoms with Crippen molar-refractivity contribution in [3.63, 3.8) is 0 Å². The summed E-state index contributed by atoms with van der Waals surface area (Å²) < 4.78 is 0. The van der Waals surface area contributed by atoms with Crippen molar-refractivity contribution in [3.8, 4) is 0 Å². The fraction of sp³-hybridized carbons (Fsp3) is 0.667. The summed E-state index contributed by atoms with van der Waals surface area (Å²) in [4.78, 5) is 4.06. The molecular weight excluding hydrogens is 238 g/mol. The molecule has 0 spiro atoms. The first kappa shape index (κ1) is 10.3. The zero-order valence-corrected chi connectivity index (χ0v) is 10.5. The number of hydrogen-bond acceptors (Lipinski definition) is 0. The van der Waals surface area contributed by atoms with Crippen LogP contribution in [0.4, 0.5) is 0 Å². The molecule has 1 aliphatic carbocycles. The molecule has 14 heavy (non-hydrogen) atoms. The molecule has 0 aromatic carbocycles. The van der Waals surface area contributed by atoms with Gasteiger partial charge in [-0.3, -0.25) is 0 Å². The molecule has 78 valence electrons. The molecule has 0 radical (unpaired) electrons. The van der Waals surface area contributed by atoms with Crippen molar-refractivity contribution < 1.29 is 0 Å². The lowest BCUT2D eigenvalue weighted by Crippen LogP contribution is -2.30. The monoisotopic (exact) mass is 255 g/mol. The number of alkyl halides is 1. The van der Waals surface area contributed by atoms with Crippen LogP contribution in [0.15, 0.2) is 18.3 Å². The van der Waals surface area contributed by atoms with Crippen LogP contribution in [0, 0.1) is 5.41 Å². The van der Waals surface area contributed by atoms with E-state index in [2.05, 4.69) is 46.9 Å². The largest absolute Gasteiger partial charge is 0.365 e. The standard InChI is InChI=1S/C12H18BrN/c1-12(2)6-5-9(13)8-10(12)11-4-3-7-14-11/h3-4,7,9-10,14H,5-6,8H2,1-2H3. The summed E-state index contributed by atoms with van der Waals surface area (Å²) in [7, 11) is 0. The highest BCUT2D eigenvalue weighted by Gasteiger charge is 2.36. The Hall–Kier alpha value is -0.240. The average molecular weight is 256 g/mol. The number of H-pyrrole nitrogens is 1. The fourth-order valence-electron chi connectivity index (χ4n) is 2.50. The van der Waals surface area contributed by atoms with E-state index in [1.165, 1.54) is 25.0 Å². The van der Waals surface area contributed by atoms with Gasteiger partial charge in [-0.05, 0) is 36.8 Å². The van der Waals surface area contributed by atoms with Crippen LogP contribution >= 0.6 is 15.9 Å². The maximum atomic E-state index is 3.75. The van der Waals surface area contributed by atoms with Gasteiger partial charge in [-0.25, -0.2) is 0 Å². The predicted molar refractivity (Wildman–Crippen MR) is 63.9 cm³/mol. The van der Waals surface area contributed by atoms with E-state index in [1.807, 2.05) is 6.20 Å². The molecular formula is C12H18BrN. The van der Waals surface area contributed by atoms with E-state index in [1.54, 1.807) is 0 Å². The Morgan fingerprint density at radius 1 is 1.50 bits per heavy atom. The van der Waals surface area contributed by atoms with Crippen LogP contribution in [0.5, 0.6) is 0 Å². The zero-order chi connectivity index (χ0) is 10.2. The molecule has 2 unspecified atom stereocenters. The summed E-state index contributed by atoms with van der Waals surface area (Å²) in [6, 6.07) is 4.32. The van der Waals surface area contributed by atoms with Crippen molar-refractivity contribution in [2.24, 2.45) is 5.41 Å². The summed E-state index contributed by atoms with van der Waals surface area (Å²) in [5.41, 5.74) is 1.84. The predicted octanol–water partition coefficient (Wildman–Crippen LogP) is 4.07. The highest BCUT2D eigenvalue weighted by molar-refractivity contribution is 9.09. The molecule has 1 heterocycles. The van der Waals surface area contributed by atoms with E-state index in [0.29, 0.717) is 16.2 Å². The Bertz CT molecular complexity index is 289. The van der Waals surface area contributed by atoms with E-state index in [-0.39, 0.29) is 0 Å². The molecule has 1 aromatic heterocycles. The van der Waals surface area contributed by atoms with Crippen molar-refractivity contribution in [3.05, 3.63) is 24.0 Å². The third kappa shape index (κ3) is 1.90. The van der Waals surface area contributed by atoms with Crippen LogP contribution in [0.1, 0.15) is 44.7 Å². The third-order valence-electron chi connectivity index (χ3n) is 3.53. The quantitative estimate of drug-likeness (QED) is 0.729. The van der Waals surface area contributed by atoms with Crippen molar-refractivity contribution in [2.75, 3.05) is 0 Å². The third-order valence-corrected chi connectivity index (χ3v) is 4.37. The van der Waals surface area contributed by atoms with Crippen molar-refractivity contribution >= 4 is 15.9 Å². The molecule has 1 saturated carbocycles. The van der Waals surface area contributed by atoms with Gasteiger partial charge in [0.1, 0.15) is 0 Å². The van der Waals surface area contributed by atoms with E-state index in [9.17, 15) is 0 Å². The summed E-state index contributed by atoms with van der Waals surface area (Å²) in [5.74, 6) is 0.677. The first-order valence-corrected chi connectivity index (χ1v) is 6.28. The van der Waals surface area contributed by atoms with Crippen LogP contribution in [0.25, 0.3) is 0 Å². The SMILES string of the molecule is CC1(C)CCC(Br)CC1c1ccc[nH]1. The summed E-state index contributed by atoms with van der Waals surface area (Å²) >= 11 is 3.75. The molecule has 1 N–H and O–H groups in total. The van der Waals surface area contributed by atoms with Crippen molar-refractivity contribution in [1.29, 1.82) is 0 Å². The lowest BCUT2D eigenvalue weighted by atomic mass is 9.67. The second kappa shape index (κ2) is 3.73. The molecule has 1 aromatic rings. The topological polar surface area (TPSA) is 15.8 Å². The van der Waals surface area contributed by atoms with Crippen LogP contribution in [0.3, 0.4) is 0 Å². The Morgan fingerprint density at radius 3 is 2.93 bits per heavy atom. The van der Waals surface area contributed by atoms with Gasteiger partial charge in [0.15, 0.2) is 0 Å². The second-order valence-corrected chi connectivity index (χ2v) is 6.33. The molecule has 0 bridgehead atoms. The van der Waals surface area contributed by atoms with Crippen LogP contribution in [0.2, 0.25) is 0 Å². The highest BCUT2D eigenvalue weighted by Crippen LogP contribution is 2.47. The minimum atomic E-state index is 0.440. The van der Waals surface area contributed by atoms with Gasteiger partial charge in [0, 0.05) is 22.6 Å². The number of aromatic nitrogens is 1.